The fourth-order valence-corrected chi connectivity index (χ4v) is 3.40. The van der Waals surface area contributed by atoms with Crippen molar-refractivity contribution in [1.29, 1.82) is 0 Å². The van der Waals surface area contributed by atoms with E-state index in [1.807, 2.05) is 0 Å². The Morgan fingerprint density at radius 3 is 2.50 bits per heavy atom. The van der Waals surface area contributed by atoms with Crippen LogP contribution in [0.3, 0.4) is 0 Å². The van der Waals surface area contributed by atoms with Crippen molar-refractivity contribution < 1.29 is 24.0 Å². The number of hydrogen-bond acceptors (Lipinski definition) is 7. The van der Waals surface area contributed by atoms with Crippen molar-refractivity contribution in [3.8, 4) is 5.75 Å². The first-order valence-electron chi connectivity index (χ1n) is 8.06. The molecule has 2 amide bonds. The van der Waals surface area contributed by atoms with Gasteiger partial charge >= 0.3 is 0 Å². The molecule has 1 fully saturated rings. The molecule has 142 valence electrons. The van der Waals surface area contributed by atoms with Crippen molar-refractivity contribution in [2.75, 3.05) is 13.7 Å². The van der Waals surface area contributed by atoms with Gasteiger partial charge in [0.25, 0.3) is 16.8 Å². The number of thioether (sulfide) groups is 1. The second-order valence-electron chi connectivity index (χ2n) is 5.74. The van der Waals surface area contributed by atoms with Crippen LogP contribution in [0.1, 0.15) is 15.9 Å². The number of methoxy groups -OCH3 is 1. The van der Waals surface area contributed by atoms with E-state index >= 15 is 0 Å². The van der Waals surface area contributed by atoms with E-state index in [0.29, 0.717) is 11.3 Å². The van der Waals surface area contributed by atoms with Crippen molar-refractivity contribution in [1.82, 2.24) is 4.90 Å². The highest BCUT2D eigenvalue weighted by molar-refractivity contribution is 8.18. The number of carbonyl (C=O) groups is 3. The van der Waals surface area contributed by atoms with E-state index in [1.165, 1.54) is 31.4 Å². The maximum absolute atomic E-state index is 12.6. The molecule has 8 nitrogen and oxygen atoms in total. The lowest BCUT2D eigenvalue weighted by molar-refractivity contribution is -0.384. The third-order valence-corrected chi connectivity index (χ3v) is 4.91. The molecule has 28 heavy (non-hydrogen) atoms. The average Bonchev–Trinajstić information content (AvgIpc) is 2.95. The number of nitro groups is 1. The van der Waals surface area contributed by atoms with Gasteiger partial charge in [-0.15, -0.1) is 0 Å². The molecule has 1 heterocycles. The lowest BCUT2D eigenvalue weighted by Gasteiger charge is -2.11. The lowest BCUT2D eigenvalue weighted by atomic mass is 10.1. The minimum atomic E-state index is -0.576. The molecule has 0 bridgehead atoms. The van der Waals surface area contributed by atoms with E-state index in [4.69, 9.17) is 4.74 Å². The molecule has 9 heteroatoms. The topological polar surface area (TPSA) is 107 Å². The molecule has 0 N–H and O–H groups in total. The molecule has 0 saturated carbocycles. The number of imide groups is 1. The number of nitrogens with zero attached hydrogens (tertiary/aromatic N) is 2. The maximum Gasteiger partial charge on any atom is 0.293 e. The van der Waals surface area contributed by atoms with E-state index in [0.717, 1.165) is 16.7 Å². The molecule has 1 aliphatic heterocycles. The number of ether oxygens (including phenoxy) is 1. The highest BCUT2D eigenvalue weighted by Crippen LogP contribution is 2.34. The summed E-state index contributed by atoms with van der Waals surface area (Å²) in [6, 6.07) is 12.0. The van der Waals surface area contributed by atoms with Crippen LogP contribution in [0.4, 0.5) is 10.5 Å². The molecule has 0 unspecified atom stereocenters. The van der Waals surface area contributed by atoms with Crippen molar-refractivity contribution in [2.24, 2.45) is 0 Å². The van der Waals surface area contributed by atoms with Gasteiger partial charge in [-0.1, -0.05) is 18.2 Å². The molecular formula is C19H14N2O6S. The summed E-state index contributed by atoms with van der Waals surface area (Å²) in [6.07, 6.45) is 1.54. The van der Waals surface area contributed by atoms with Gasteiger partial charge < -0.3 is 4.74 Å². The number of para-hydroxylation sites is 1. The van der Waals surface area contributed by atoms with E-state index < -0.39 is 28.4 Å². The average molecular weight is 398 g/mol. The maximum atomic E-state index is 12.6. The van der Waals surface area contributed by atoms with Crippen LogP contribution in [-0.4, -0.2) is 40.4 Å². The summed E-state index contributed by atoms with van der Waals surface area (Å²) >= 11 is 0.741. The molecule has 0 atom stereocenters. The number of rotatable bonds is 6. The first-order chi connectivity index (χ1) is 13.4. The van der Waals surface area contributed by atoms with Gasteiger partial charge in [0.1, 0.15) is 5.75 Å². The van der Waals surface area contributed by atoms with E-state index in [-0.39, 0.29) is 16.2 Å². The Morgan fingerprint density at radius 1 is 1.18 bits per heavy atom. The zero-order valence-corrected chi connectivity index (χ0v) is 15.5. The Hall–Kier alpha value is -3.46. The van der Waals surface area contributed by atoms with Crippen molar-refractivity contribution >= 4 is 40.5 Å². The summed E-state index contributed by atoms with van der Waals surface area (Å²) in [7, 11) is 1.50. The molecule has 0 aromatic heterocycles. The van der Waals surface area contributed by atoms with E-state index in [1.54, 1.807) is 30.3 Å². The van der Waals surface area contributed by atoms with Gasteiger partial charge in [0.2, 0.25) is 0 Å². The third kappa shape index (κ3) is 3.94. The zero-order chi connectivity index (χ0) is 20.3. The minimum Gasteiger partial charge on any atom is -0.496 e. The summed E-state index contributed by atoms with van der Waals surface area (Å²) in [5.41, 5.74) is 0.665. The largest absolute Gasteiger partial charge is 0.496 e. The second kappa shape index (κ2) is 8.05. The fourth-order valence-electron chi connectivity index (χ4n) is 2.57. The first kappa shape index (κ1) is 19.3. The van der Waals surface area contributed by atoms with E-state index in [9.17, 15) is 24.5 Å². The Morgan fingerprint density at radius 2 is 1.86 bits per heavy atom. The number of Topliss-reactive ketones (excluding diaryl/α,β-unsaturated/α-hetero) is 1. The van der Waals surface area contributed by atoms with Crippen molar-refractivity contribution in [3.05, 3.63) is 74.7 Å². The SMILES string of the molecule is COc1ccccc1/C=C1\SC(=O)N(CC(=O)c2ccc([N+](=O)[O-])cc2)C1=O. The van der Waals surface area contributed by atoms with Gasteiger partial charge in [-0.3, -0.25) is 29.4 Å². The van der Waals surface area contributed by atoms with Crippen molar-refractivity contribution in [3.63, 3.8) is 0 Å². The van der Waals surface area contributed by atoms with Gasteiger partial charge in [-0.2, -0.15) is 0 Å². The minimum absolute atomic E-state index is 0.151. The summed E-state index contributed by atoms with van der Waals surface area (Å²) in [5.74, 6) is -0.511. The molecule has 2 aromatic rings. The third-order valence-electron chi connectivity index (χ3n) is 4.00. The molecule has 0 aliphatic carbocycles. The Balaban J connectivity index is 1.77. The van der Waals surface area contributed by atoms with Crippen LogP contribution in [0, 0.1) is 10.1 Å². The predicted molar refractivity (Wildman–Crippen MR) is 103 cm³/mol. The molecule has 1 aliphatic rings. The van der Waals surface area contributed by atoms with Crippen LogP contribution in [0.15, 0.2) is 53.4 Å². The number of ketones is 1. The number of hydrogen-bond donors (Lipinski definition) is 0. The summed E-state index contributed by atoms with van der Waals surface area (Å²) in [6.45, 7) is -0.439. The van der Waals surface area contributed by atoms with Gasteiger partial charge in [-0.05, 0) is 36.0 Å². The summed E-state index contributed by atoms with van der Waals surface area (Å²) in [5, 5.41) is 10.1. The highest BCUT2D eigenvalue weighted by atomic mass is 32.2. The normalized spacial score (nSPS) is 15.2. The number of nitro benzene ring substituents is 1. The predicted octanol–water partition coefficient (Wildman–Crippen LogP) is 3.52. The molecule has 2 aromatic carbocycles. The van der Waals surface area contributed by atoms with Crippen LogP contribution in [-0.2, 0) is 4.79 Å². The van der Waals surface area contributed by atoms with Crippen LogP contribution >= 0.6 is 11.8 Å². The number of amides is 2. The summed E-state index contributed by atoms with van der Waals surface area (Å²) < 4.78 is 5.23. The van der Waals surface area contributed by atoms with Gasteiger partial charge in [0.05, 0.1) is 23.5 Å². The Labute approximate surface area is 163 Å². The molecule has 1 saturated heterocycles. The molecular weight excluding hydrogens is 384 g/mol. The fraction of sp³-hybridized carbons (Fsp3) is 0.105. The van der Waals surface area contributed by atoms with Crippen LogP contribution in [0.2, 0.25) is 0 Å². The van der Waals surface area contributed by atoms with Crippen LogP contribution in [0.25, 0.3) is 6.08 Å². The van der Waals surface area contributed by atoms with Gasteiger partial charge in [0, 0.05) is 23.3 Å². The summed E-state index contributed by atoms with van der Waals surface area (Å²) in [4.78, 5) is 48.3. The first-order valence-corrected chi connectivity index (χ1v) is 8.88. The Kier molecular flexibility index (Phi) is 5.55. The number of non-ortho nitro benzene ring substituents is 1. The molecule has 0 radical (unpaired) electrons. The number of carbonyl (C=O) groups excluding carboxylic acids is 3. The monoisotopic (exact) mass is 398 g/mol. The van der Waals surface area contributed by atoms with Gasteiger partial charge in [-0.25, -0.2) is 0 Å². The smallest absolute Gasteiger partial charge is 0.293 e. The molecule has 0 spiro atoms. The second-order valence-corrected chi connectivity index (χ2v) is 6.73. The van der Waals surface area contributed by atoms with Crippen molar-refractivity contribution in [2.45, 2.75) is 0 Å². The Bertz CT molecular complexity index is 1000. The molecule has 3 rings (SSSR count). The van der Waals surface area contributed by atoms with E-state index in [2.05, 4.69) is 0 Å². The lowest BCUT2D eigenvalue weighted by Crippen LogP contribution is -2.33. The van der Waals surface area contributed by atoms with Crippen LogP contribution < -0.4 is 4.74 Å². The quantitative estimate of drug-likeness (QED) is 0.317. The van der Waals surface area contributed by atoms with Gasteiger partial charge in [0.15, 0.2) is 5.78 Å². The standard InChI is InChI=1S/C19H14N2O6S/c1-27-16-5-3-2-4-13(16)10-17-18(23)20(19(24)28-17)11-15(22)12-6-8-14(9-7-12)21(25)26/h2-10H,11H2,1H3/b17-10-. The highest BCUT2D eigenvalue weighted by Gasteiger charge is 2.36. The number of benzene rings is 2. The zero-order valence-electron chi connectivity index (χ0n) is 14.7. The van der Waals surface area contributed by atoms with Crippen LogP contribution in [0.5, 0.6) is 5.75 Å².